The van der Waals surface area contributed by atoms with Gasteiger partial charge in [0.2, 0.25) is 11.4 Å². The van der Waals surface area contributed by atoms with Crippen molar-refractivity contribution in [3.05, 3.63) is 114 Å². The van der Waals surface area contributed by atoms with Crippen LogP contribution in [0.5, 0.6) is 0 Å². The van der Waals surface area contributed by atoms with Gasteiger partial charge < -0.3 is 4.42 Å². The van der Waals surface area contributed by atoms with E-state index in [-0.39, 0.29) is 17.4 Å². The van der Waals surface area contributed by atoms with E-state index in [1.807, 2.05) is 6.08 Å². The lowest BCUT2D eigenvalue weighted by Gasteiger charge is -2.32. The minimum Gasteiger partial charge on any atom is -0.438 e. The Morgan fingerprint density at radius 1 is 0.936 bits per heavy atom. The molecule has 5 heterocycles. The summed E-state index contributed by atoms with van der Waals surface area (Å²) in [6.45, 7) is 15.6. The lowest BCUT2D eigenvalue weighted by Crippen LogP contribution is -2.38. The maximum Gasteiger partial charge on any atom is 0.227 e. The number of nitrogens with zero attached hydrogens (tertiary/aromatic N) is 3. The van der Waals surface area contributed by atoms with E-state index in [0.29, 0.717) is 5.92 Å². The van der Waals surface area contributed by atoms with E-state index in [1.54, 1.807) is 0 Å². The van der Waals surface area contributed by atoms with Crippen LogP contribution in [0.3, 0.4) is 0 Å². The highest BCUT2D eigenvalue weighted by atomic mass is 16.3. The van der Waals surface area contributed by atoms with Gasteiger partial charge in [0.1, 0.15) is 5.58 Å². The third kappa shape index (κ3) is 5.56. The molecule has 0 saturated heterocycles. The molecule has 0 bridgehead atoms. The Balaban J connectivity index is 1.31. The second-order valence-electron chi connectivity index (χ2n) is 15.3. The van der Waals surface area contributed by atoms with E-state index in [9.17, 15) is 0 Å². The van der Waals surface area contributed by atoms with Gasteiger partial charge in [-0.05, 0) is 97.0 Å². The number of pyridine rings is 2. The highest BCUT2D eigenvalue weighted by molar-refractivity contribution is 6.10. The van der Waals surface area contributed by atoms with E-state index in [2.05, 4.69) is 98.8 Å². The first-order valence-electron chi connectivity index (χ1n) is 17.6. The highest BCUT2D eigenvalue weighted by Gasteiger charge is 2.35. The smallest absolute Gasteiger partial charge is 0.227 e. The Morgan fingerprint density at radius 3 is 2.57 bits per heavy atom. The normalized spacial score (nSPS) is 20.2. The summed E-state index contributed by atoms with van der Waals surface area (Å²) in [6, 6.07) is 22.8. The summed E-state index contributed by atoms with van der Waals surface area (Å²) in [5, 5.41) is 2.21. The van der Waals surface area contributed by atoms with Crippen molar-refractivity contribution in [3.8, 4) is 11.3 Å². The van der Waals surface area contributed by atoms with Crippen LogP contribution in [-0.4, -0.2) is 16.7 Å². The van der Waals surface area contributed by atoms with Crippen LogP contribution in [0.2, 0.25) is 0 Å². The molecule has 47 heavy (non-hydrogen) atoms. The molecular weight excluding hydrogens is 574 g/mol. The van der Waals surface area contributed by atoms with Crippen LogP contribution < -0.4 is 4.57 Å². The van der Waals surface area contributed by atoms with Gasteiger partial charge in [0.05, 0.1) is 23.7 Å². The Labute approximate surface area is 279 Å². The monoisotopic (exact) mass is 620 g/mol. The predicted octanol–water partition coefficient (Wildman–Crippen LogP) is 10.5. The summed E-state index contributed by atoms with van der Waals surface area (Å²) in [7, 11) is 0. The maximum atomic E-state index is 6.55. The van der Waals surface area contributed by atoms with Crippen molar-refractivity contribution in [2.24, 2.45) is 10.4 Å². The van der Waals surface area contributed by atoms with Gasteiger partial charge in [0, 0.05) is 40.1 Å². The number of hydrogen-bond acceptors (Lipinski definition) is 3. The maximum absolute atomic E-state index is 6.55. The summed E-state index contributed by atoms with van der Waals surface area (Å²) in [5.74, 6) is 0.904. The minimum atomic E-state index is 0.102. The zero-order valence-electron chi connectivity index (χ0n) is 28.2. The molecule has 238 valence electrons. The number of aliphatic imine (C=N–C) groups is 1. The van der Waals surface area contributed by atoms with Gasteiger partial charge in [0.25, 0.3) is 0 Å². The molecule has 3 aromatic heterocycles. The fourth-order valence-electron chi connectivity index (χ4n) is 8.51. The third-order valence-corrected chi connectivity index (χ3v) is 10.8. The molecule has 3 aliphatic rings. The fraction of sp³-hybridized carbons (Fsp3) is 0.372. The minimum absolute atomic E-state index is 0.102. The Bertz CT molecular complexity index is 2070. The largest absolute Gasteiger partial charge is 0.438 e. The van der Waals surface area contributed by atoms with Crippen molar-refractivity contribution in [2.45, 2.75) is 96.4 Å². The quantitative estimate of drug-likeness (QED) is 0.188. The molecule has 2 atom stereocenters. The molecule has 0 radical (unpaired) electrons. The summed E-state index contributed by atoms with van der Waals surface area (Å²) < 4.78 is 8.90. The number of hydrogen-bond donors (Lipinski definition) is 0. The second kappa shape index (κ2) is 11.7. The molecule has 2 aliphatic heterocycles. The lowest BCUT2D eigenvalue weighted by atomic mass is 9.78. The summed E-state index contributed by atoms with van der Waals surface area (Å²) in [5.41, 5.74) is 12.8. The first kappa shape index (κ1) is 30.1. The summed E-state index contributed by atoms with van der Waals surface area (Å²) >= 11 is 0. The van der Waals surface area contributed by atoms with Crippen molar-refractivity contribution in [1.29, 1.82) is 0 Å². The van der Waals surface area contributed by atoms with Crippen molar-refractivity contribution < 1.29 is 8.98 Å². The number of fused-ring (bicyclic) bond motifs is 9. The summed E-state index contributed by atoms with van der Waals surface area (Å²) in [6.07, 6.45) is 14.4. The molecule has 8 rings (SSSR count). The van der Waals surface area contributed by atoms with Crippen LogP contribution >= 0.6 is 0 Å². The van der Waals surface area contributed by atoms with Gasteiger partial charge >= 0.3 is 0 Å². The topological polar surface area (TPSA) is 42.3 Å². The van der Waals surface area contributed by atoms with Crippen LogP contribution in [0.25, 0.3) is 39.0 Å². The highest BCUT2D eigenvalue weighted by Crippen LogP contribution is 2.42. The van der Waals surface area contributed by atoms with Gasteiger partial charge in [-0.15, -0.1) is 0 Å². The molecule has 5 aromatic rings. The Kier molecular flexibility index (Phi) is 7.50. The Hall–Kier alpha value is -4.31. The van der Waals surface area contributed by atoms with Gasteiger partial charge in [-0.3, -0.25) is 4.99 Å². The molecule has 2 aromatic carbocycles. The molecule has 2 unspecified atom stereocenters. The first-order chi connectivity index (χ1) is 22.8. The van der Waals surface area contributed by atoms with E-state index >= 15 is 0 Å². The van der Waals surface area contributed by atoms with Crippen molar-refractivity contribution in [1.82, 2.24) is 4.98 Å². The summed E-state index contributed by atoms with van der Waals surface area (Å²) in [4.78, 5) is 10.3. The first-order valence-corrected chi connectivity index (χ1v) is 17.6. The number of allylic oxidation sites excluding steroid dienone is 1. The van der Waals surface area contributed by atoms with Crippen molar-refractivity contribution in [3.63, 3.8) is 0 Å². The lowest BCUT2D eigenvalue weighted by molar-refractivity contribution is -0.571. The molecule has 4 heteroatoms. The average Bonchev–Trinajstić information content (AvgIpc) is 3.42. The number of benzene rings is 2. The van der Waals surface area contributed by atoms with Crippen LogP contribution in [0.1, 0.15) is 106 Å². The molecule has 1 aliphatic carbocycles. The van der Waals surface area contributed by atoms with Gasteiger partial charge in [-0.25, -0.2) is 4.98 Å². The molecule has 0 amide bonds. The van der Waals surface area contributed by atoms with Gasteiger partial charge in [0.15, 0.2) is 11.9 Å². The fourth-order valence-corrected chi connectivity index (χ4v) is 8.51. The standard InChI is InChI=1S/C43H46N3O/c1-6-38-33-15-11-10-14-32(33)34-18-16-30-24-41-37(35-19-17-31(26-43(3,4)5)44-42(35)47-41)25-36(30)40-23-29(28-12-8-7-9-13-28)20-21-46(40)27(2)22-39(34)45-38/h6,10-11,14-15,17,19-21,23-25,28,34,39H,1-2,7-9,12-13,16,18,22,26H2,3-5H3/q+1. The number of aryl methyl sites for hydroxylation is 1. The molecule has 1 fully saturated rings. The van der Waals surface area contributed by atoms with Crippen LogP contribution in [-0.2, 0) is 12.8 Å². The average molecular weight is 621 g/mol. The SMILES string of the molecule is C=CC1=NC2CC(=C)[n+]3ccc(C4CCCCC4)cc3-c3cc4c(cc3CCC2c2ccccc21)oc1nc(CC(C)(C)C)ccc14. The number of aromatic nitrogens is 2. The third-order valence-electron chi connectivity index (χ3n) is 10.8. The Morgan fingerprint density at radius 2 is 1.77 bits per heavy atom. The molecule has 0 spiro atoms. The van der Waals surface area contributed by atoms with Crippen LogP contribution in [0, 0.1) is 5.41 Å². The predicted molar refractivity (Wildman–Crippen MR) is 194 cm³/mol. The van der Waals surface area contributed by atoms with Crippen molar-refractivity contribution >= 4 is 33.5 Å². The van der Waals surface area contributed by atoms with Gasteiger partial charge in [-0.2, -0.15) is 4.57 Å². The second-order valence-corrected chi connectivity index (χ2v) is 15.3. The zero-order valence-corrected chi connectivity index (χ0v) is 28.2. The van der Waals surface area contributed by atoms with Crippen molar-refractivity contribution in [2.75, 3.05) is 0 Å². The van der Waals surface area contributed by atoms with Crippen LogP contribution in [0.15, 0.2) is 95.5 Å². The van der Waals surface area contributed by atoms with E-state index < -0.39 is 0 Å². The zero-order chi connectivity index (χ0) is 32.3. The molecule has 1 saturated carbocycles. The van der Waals surface area contributed by atoms with E-state index in [4.69, 9.17) is 21.0 Å². The van der Waals surface area contributed by atoms with Crippen LogP contribution in [0.4, 0.5) is 0 Å². The molecular formula is C43H46N3O+. The molecule has 4 nitrogen and oxygen atoms in total. The van der Waals surface area contributed by atoms with Gasteiger partial charge in [-0.1, -0.05) is 70.9 Å². The van der Waals surface area contributed by atoms with E-state index in [1.165, 1.54) is 65.6 Å². The number of rotatable bonds is 3. The van der Waals surface area contributed by atoms with E-state index in [0.717, 1.165) is 64.9 Å². The number of furan rings is 1. The molecule has 0 N–H and O–H groups in total.